The lowest BCUT2D eigenvalue weighted by Gasteiger charge is -2.09. The van der Waals surface area contributed by atoms with Crippen molar-refractivity contribution in [3.8, 4) is 11.5 Å². The first kappa shape index (κ1) is 21.1. The Hall–Kier alpha value is -1.95. The van der Waals surface area contributed by atoms with Crippen molar-refractivity contribution in [3.63, 3.8) is 0 Å². The monoisotopic (exact) mass is 384 g/mol. The Morgan fingerprint density at radius 1 is 0.960 bits per heavy atom. The van der Waals surface area contributed by atoms with Gasteiger partial charge in [-0.25, -0.2) is 0 Å². The van der Waals surface area contributed by atoms with Gasteiger partial charge < -0.3 is 20.5 Å². The predicted octanol–water partition coefficient (Wildman–Crippen LogP) is 3.18. The van der Waals surface area contributed by atoms with E-state index in [1.807, 2.05) is 36.4 Å². The molecule has 2 aromatic rings. The van der Waals surface area contributed by atoms with Gasteiger partial charge in [0.15, 0.2) is 0 Å². The third kappa shape index (κ3) is 8.12. The highest BCUT2D eigenvalue weighted by Crippen LogP contribution is 2.16. The van der Waals surface area contributed by atoms with Crippen LogP contribution in [0.3, 0.4) is 0 Å². The molecule has 0 unspecified atom stereocenters. The van der Waals surface area contributed by atoms with Crippen LogP contribution in [0.4, 0.5) is 0 Å². The Bertz CT molecular complexity index is 634. The largest absolute Gasteiger partial charge is 0.490 e. The van der Waals surface area contributed by atoms with E-state index in [1.165, 1.54) is 0 Å². The van der Waals surface area contributed by atoms with Gasteiger partial charge in [0.05, 0.1) is 0 Å². The first-order valence-corrected chi connectivity index (χ1v) is 8.12. The van der Waals surface area contributed by atoms with Crippen LogP contribution in [-0.4, -0.2) is 25.7 Å². The van der Waals surface area contributed by atoms with Crippen LogP contribution in [0.25, 0.3) is 0 Å². The lowest BCUT2D eigenvalue weighted by molar-refractivity contribution is -0.121. The Labute approximate surface area is 158 Å². The molecule has 0 aliphatic carbocycles. The van der Waals surface area contributed by atoms with Crippen molar-refractivity contribution in [1.29, 1.82) is 0 Å². The number of benzene rings is 2. The molecule has 0 fully saturated rings. The van der Waals surface area contributed by atoms with Gasteiger partial charge in [0, 0.05) is 24.5 Å². The molecule has 0 aromatic heterocycles. The minimum Gasteiger partial charge on any atom is -0.490 e. The van der Waals surface area contributed by atoms with Crippen molar-refractivity contribution in [2.75, 3.05) is 19.8 Å². The number of halogens is 2. The molecule has 25 heavy (non-hydrogen) atoms. The molecule has 1 amide bonds. The standard InChI is InChI=1S/C18H21ClN2O3.ClH/c19-15-3-7-17(8-4-15)24-12-11-23-16-5-1-14(2-6-16)13-21-18(22)9-10-20;/h1-8H,9-13,20H2,(H,21,22);1H. The second-order valence-electron chi connectivity index (χ2n) is 5.11. The summed E-state index contributed by atoms with van der Waals surface area (Å²) in [6.45, 7) is 1.73. The van der Waals surface area contributed by atoms with E-state index < -0.39 is 0 Å². The van der Waals surface area contributed by atoms with E-state index in [1.54, 1.807) is 12.1 Å². The van der Waals surface area contributed by atoms with Crippen LogP contribution in [0.5, 0.6) is 11.5 Å². The summed E-state index contributed by atoms with van der Waals surface area (Å²) in [5.74, 6) is 1.47. The maximum atomic E-state index is 11.4. The van der Waals surface area contributed by atoms with Crippen LogP contribution >= 0.6 is 24.0 Å². The molecular weight excluding hydrogens is 363 g/mol. The average Bonchev–Trinajstić information content (AvgIpc) is 2.60. The number of hydrogen-bond donors (Lipinski definition) is 2. The van der Waals surface area contributed by atoms with Gasteiger partial charge in [0.25, 0.3) is 0 Å². The summed E-state index contributed by atoms with van der Waals surface area (Å²) in [6, 6.07) is 14.8. The molecule has 2 aromatic carbocycles. The zero-order valence-corrected chi connectivity index (χ0v) is 15.3. The molecule has 0 atom stereocenters. The predicted molar refractivity (Wildman–Crippen MR) is 102 cm³/mol. The highest BCUT2D eigenvalue weighted by molar-refractivity contribution is 6.30. The highest BCUT2D eigenvalue weighted by atomic mass is 35.5. The number of nitrogens with one attached hydrogen (secondary N) is 1. The fraction of sp³-hybridized carbons (Fsp3) is 0.278. The highest BCUT2D eigenvalue weighted by Gasteiger charge is 2.01. The molecule has 2 rings (SSSR count). The van der Waals surface area contributed by atoms with Crippen LogP contribution in [0.2, 0.25) is 5.02 Å². The first-order valence-electron chi connectivity index (χ1n) is 7.74. The zero-order valence-electron chi connectivity index (χ0n) is 13.7. The van der Waals surface area contributed by atoms with Crippen LogP contribution in [0.15, 0.2) is 48.5 Å². The number of nitrogens with two attached hydrogens (primary N) is 1. The van der Waals surface area contributed by atoms with Crippen molar-refractivity contribution in [3.05, 3.63) is 59.1 Å². The summed E-state index contributed by atoms with van der Waals surface area (Å²) in [7, 11) is 0. The molecule has 5 nitrogen and oxygen atoms in total. The van der Waals surface area contributed by atoms with Gasteiger partial charge in [-0.15, -0.1) is 12.4 Å². The normalized spacial score (nSPS) is 9.84. The molecule has 0 saturated heterocycles. The molecular formula is C18H22Cl2N2O3. The first-order chi connectivity index (χ1) is 11.7. The van der Waals surface area contributed by atoms with E-state index in [0.29, 0.717) is 37.7 Å². The summed E-state index contributed by atoms with van der Waals surface area (Å²) in [4.78, 5) is 11.4. The van der Waals surface area contributed by atoms with Crippen molar-refractivity contribution in [1.82, 2.24) is 5.32 Å². The van der Waals surface area contributed by atoms with E-state index in [9.17, 15) is 4.79 Å². The Morgan fingerprint density at radius 3 is 2.00 bits per heavy atom. The average molecular weight is 385 g/mol. The summed E-state index contributed by atoms with van der Waals surface area (Å²) in [5.41, 5.74) is 6.33. The van der Waals surface area contributed by atoms with Crippen molar-refractivity contribution >= 4 is 29.9 Å². The van der Waals surface area contributed by atoms with Gasteiger partial charge in [-0.2, -0.15) is 0 Å². The van der Waals surface area contributed by atoms with Crippen molar-refractivity contribution in [2.45, 2.75) is 13.0 Å². The molecule has 0 bridgehead atoms. The van der Waals surface area contributed by atoms with Crippen LogP contribution < -0.4 is 20.5 Å². The lowest BCUT2D eigenvalue weighted by atomic mass is 10.2. The Morgan fingerprint density at radius 2 is 1.48 bits per heavy atom. The molecule has 7 heteroatoms. The smallest absolute Gasteiger partial charge is 0.221 e. The quantitative estimate of drug-likeness (QED) is 0.651. The minimum atomic E-state index is -0.0443. The molecule has 3 N–H and O–H groups in total. The maximum absolute atomic E-state index is 11.4. The Kier molecular flexibility index (Phi) is 9.77. The summed E-state index contributed by atoms with van der Waals surface area (Å²) < 4.78 is 11.2. The van der Waals surface area contributed by atoms with Gasteiger partial charge in [-0.05, 0) is 42.0 Å². The number of carbonyl (C=O) groups excluding carboxylic acids is 1. The van der Waals surface area contributed by atoms with Crippen LogP contribution in [0.1, 0.15) is 12.0 Å². The van der Waals surface area contributed by atoms with E-state index in [4.69, 9.17) is 26.8 Å². The maximum Gasteiger partial charge on any atom is 0.221 e. The second-order valence-corrected chi connectivity index (χ2v) is 5.55. The van der Waals surface area contributed by atoms with Crippen molar-refractivity contribution < 1.29 is 14.3 Å². The van der Waals surface area contributed by atoms with E-state index in [-0.39, 0.29) is 18.3 Å². The molecule has 0 aliphatic heterocycles. The van der Waals surface area contributed by atoms with Gasteiger partial charge in [0.2, 0.25) is 5.91 Å². The number of hydrogen-bond acceptors (Lipinski definition) is 4. The zero-order chi connectivity index (χ0) is 17.2. The lowest BCUT2D eigenvalue weighted by Crippen LogP contribution is -2.24. The SMILES string of the molecule is Cl.NCCC(=O)NCc1ccc(OCCOc2ccc(Cl)cc2)cc1. The third-order valence-electron chi connectivity index (χ3n) is 3.22. The topological polar surface area (TPSA) is 73.6 Å². The molecule has 0 spiro atoms. The molecule has 0 saturated carbocycles. The number of ether oxygens (including phenoxy) is 2. The van der Waals surface area contributed by atoms with Gasteiger partial charge in [0.1, 0.15) is 24.7 Å². The fourth-order valence-electron chi connectivity index (χ4n) is 1.97. The number of rotatable bonds is 9. The van der Waals surface area contributed by atoms with Crippen molar-refractivity contribution in [2.24, 2.45) is 5.73 Å². The third-order valence-corrected chi connectivity index (χ3v) is 3.47. The summed E-state index contributed by atoms with van der Waals surface area (Å²) in [5, 5.41) is 3.48. The molecule has 136 valence electrons. The molecule has 0 aliphatic rings. The summed E-state index contributed by atoms with van der Waals surface area (Å²) in [6.07, 6.45) is 0.342. The Balaban J connectivity index is 0.00000312. The van der Waals surface area contributed by atoms with Crippen LogP contribution in [-0.2, 0) is 11.3 Å². The summed E-state index contributed by atoms with van der Waals surface area (Å²) >= 11 is 5.81. The van der Waals surface area contributed by atoms with Crippen LogP contribution in [0, 0.1) is 0 Å². The number of amides is 1. The second kappa shape index (κ2) is 11.6. The van der Waals surface area contributed by atoms with Gasteiger partial charge in [-0.3, -0.25) is 4.79 Å². The van der Waals surface area contributed by atoms with E-state index in [0.717, 1.165) is 17.1 Å². The fourth-order valence-corrected chi connectivity index (χ4v) is 2.10. The molecule has 0 radical (unpaired) electrons. The van der Waals surface area contributed by atoms with Gasteiger partial charge >= 0.3 is 0 Å². The van der Waals surface area contributed by atoms with E-state index in [2.05, 4.69) is 5.32 Å². The minimum absolute atomic E-state index is 0. The van der Waals surface area contributed by atoms with E-state index >= 15 is 0 Å². The van der Waals surface area contributed by atoms with Gasteiger partial charge in [-0.1, -0.05) is 23.7 Å². The molecule has 0 heterocycles. The number of carbonyl (C=O) groups is 1.